The average Bonchev–Trinajstić information content (AvgIpc) is 3.33. The van der Waals surface area contributed by atoms with Gasteiger partial charge in [0.2, 0.25) is 0 Å². The molecule has 1 unspecified atom stereocenters. The fourth-order valence-electron chi connectivity index (χ4n) is 4.21. The van der Waals surface area contributed by atoms with Crippen molar-refractivity contribution in [2.24, 2.45) is 13.0 Å². The summed E-state index contributed by atoms with van der Waals surface area (Å²) in [5.41, 5.74) is 2.70. The predicted octanol–water partition coefficient (Wildman–Crippen LogP) is 4.87. The van der Waals surface area contributed by atoms with E-state index in [9.17, 15) is 4.79 Å². The zero-order chi connectivity index (χ0) is 22.0. The molecule has 1 saturated heterocycles. The topological polar surface area (TPSA) is 64.2 Å². The Morgan fingerprint density at radius 1 is 1.32 bits per heavy atom. The fraction of sp³-hybridized carbons (Fsp3) is 0.458. The van der Waals surface area contributed by atoms with Crippen molar-refractivity contribution < 1.29 is 9.21 Å². The van der Waals surface area contributed by atoms with E-state index in [-0.39, 0.29) is 11.8 Å². The number of aryl methyl sites for hydroxylation is 1. The molecule has 1 atom stereocenters. The third kappa shape index (κ3) is 5.18. The number of carbonyl (C=O) groups is 1. The maximum Gasteiger partial charge on any atom is 0.272 e. The van der Waals surface area contributed by atoms with E-state index in [1.54, 1.807) is 10.9 Å². The maximum atomic E-state index is 13.2. The number of oxazole rings is 1. The molecule has 0 saturated carbocycles. The zero-order valence-corrected chi connectivity index (χ0v) is 19.1. The first-order chi connectivity index (χ1) is 14.9. The minimum atomic E-state index is 0.0282. The molecule has 31 heavy (non-hydrogen) atoms. The molecular formula is C24H29ClN4O2. The summed E-state index contributed by atoms with van der Waals surface area (Å²) in [6, 6.07) is 9.69. The number of rotatable bonds is 6. The van der Waals surface area contributed by atoms with Crippen LogP contribution in [0.1, 0.15) is 66.0 Å². The summed E-state index contributed by atoms with van der Waals surface area (Å²) >= 11 is 6.08. The van der Waals surface area contributed by atoms with Gasteiger partial charge in [0, 0.05) is 31.6 Å². The highest BCUT2D eigenvalue weighted by molar-refractivity contribution is 6.30. The first-order valence-electron chi connectivity index (χ1n) is 10.9. The molecule has 0 spiro atoms. The Labute approximate surface area is 188 Å². The van der Waals surface area contributed by atoms with Crippen molar-refractivity contribution in [3.05, 3.63) is 70.2 Å². The summed E-state index contributed by atoms with van der Waals surface area (Å²) in [5.74, 6) is 2.16. The van der Waals surface area contributed by atoms with Gasteiger partial charge in [-0.05, 0) is 48.9 Å². The van der Waals surface area contributed by atoms with E-state index < -0.39 is 0 Å². The van der Waals surface area contributed by atoms with Crippen molar-refractivity contribution in [2.45, 2.75) is 45.4 Å². The van der Waals surface area contributed by atoms with E-state index in [1.165, 1.54) is 0 Å². The van der Waals surface area contributed by atoms with Gasteiger partial charge in [-0.2, -0.15) is 5.10 Å². The van der Waals surface area contributed by atoms with Crippen LogP contribution in [0.25, 0.3) is 0 Å². The van der Waals surface area contributed by atoms with Crippen molar-refractivity contribution in [3.8, 4) is 0 Å². The molecule has 1 aromatic carbocycles. The van der Waals surface area contributed by atoms with Crippen molar-refractivity contribution in [1.82, 2.24) is 19.7 Å². The largest absolute Gasteiger partial charge is 0.445 e. The minimum Gasteiger partial charge on any atom is -0.445 e. The molecule has 6 nitrogen and oxygen atoms in total. The van der Waals surface area contributed by atoms with Crippen LogP contribution in [-0.4, -0.2) is 38.7 Å². The number of hydrogen-bond acceptors (Lipinski definition) is 4. The molecule has 7 heteroatoms. The van der Waals surface area contributed by atoms with Crippen molar-refractivity contribution in [2.75, 3.05) is 13.1 Å². The van der Waals surface area contributed by atoms with E-state index >= 15 is 0 Å². The molecule has 1 aliphatic rings. The molecule has 3 aromatic rings. The second-order valence-corrected chi connectivity index (χ2v) is 9.24. The second-order valence-electron chi connectivity index (χ2n) is 8.80. The number of piperidine rings is 1. The van der Waals surface area contributed by atoms with Gasteiger partial charge in [0.25, 0.3) is 5.91 Å². The molecule has 1 fully saturated rings. The number of carbonyl (C=O) groups excluding carboxylic acids is 1. The van der Waals surface area contributed by atoms with Crippen molar-refractivity contribution in [1.29, 1.82) is 0 Å². The van der Waals surface area contributed by atoms with Gasteiger partial charge in [-0.1, -0.05) is 37.6 Å². The SMILES string of the molecule is CC(C)Cc1cc(C(=O)N2CCCC(c3ncc(Cc4cccc(Cl)c4)o3)C2)n(C)n1. The van der Waals surface area contributed by atoms with E-state index in [0.29, 0.717) is 35.5 Å². The average molecular weight is 441 g/mol. The van der Waals surface area contributed by atoms with Crippen LogP contribution in [0, 0.1) is 5.92 Å². The first kappa shape index (κ1) is 21.6. The van der Waals surface area contributed by atoms with Crippen LogP contribution in [0.4, 0.5) is 0 Å². The molecule has 0 N–H and O–H groups in total. The van der Waals surface area contributed by atoms with Gasteiger partial charge < -0.3 is 9.32 Å². The van der Waals surface area contributed by atoms with Crippen LogP contribution < -0.4 is 0 Å². The van der Waals surface area contributed by atoms with E-state index in [4.69, 9.17) is 16.0 Å². The van der Waals surface area contributed by atoms with Gasteiger partial charge in [0.1, 0.15) is 11.5 Å². The highest BCUT2D eigenvalue weighted by atomic mass is 35.5. The summed E-state index contributed by atoms with van der Waals surface area (Å²) in [4.78, 5) is 19.6. The highest BCUT2D eigenvalue weighted by Crippen LogP contribution is 2.28. The van der Waals surface area contributed by atoms with Crippen molar-refractivity contribution in [3.63, 3.8) is 0 Å². The van der Waals surface area contributed by atoms with Crippen LogP contribution in [-0.2, 0) is 19.9 Å². The predicted molar refractivity (Wildman–Crippen MR) is 120 cm³/mol. The van der Waals surface area contributed by atoms with Crippen molar-refractivity contribution >= 4 is 17.5 Å². The number of likely N-dealkylation sites (tertiary alicyclic amines) is 1. The van der Waals surface area contributed by atoms with E-state index in [2.05, 4.69) is 23.9 Å². The molecule has 4 rings (SSSR count). The van der Waals surface area contributed by atoms with Gasteiger partial charge in [-0.3, -0.25) is 9.48 Å². The monoisotopic (exact) mass is 440 g/mol. The quantitative estimate of drug-likeness (QED) is 0.548. The molecule has 0 aliphatic carbocycles. The van der Waals surface area contributed by atoms with Gasteiger partial charge in [0.15, 0.2) is 5.89 Å². The zero-order valence-electron chi connectivity index (χ0n) is 18.3. The summed E-state index contributed by atoms with van der Waals surface area (Å²) < 4.78 is 7.77. The van der Waals surface area contributed by atoms with Gasteiger partial charge in [-0.15, -0.1) is 0 Å². The minimum absolute atomic E-state index is 0.0282. The van der Waals surface area contributed by atoms with Gasteiger partial charge >= 0.3 is 0 Å². The van der Waals surface area contributed by atoms with Crippen LogP contribution in [0.5, 0.6) is 0 Å². The summed E-state index contributed by atoms with van der Waals surface area (Å²) in [7, 11) is 1.84. The number of aromatic nitrogens is 3. The Bertz CT molecular complexity index is 1060. The van der Waals surface area contributed by atoms with Crippen LogP contribution in [0.2, 0.25) is 5.02 Å². The Morgan fingerprint density at radius 3 is 2.94 bits per heavy atom. The molecule has 0 radical (unpaired) electrons. The first-order valence-corrected chi connectivity index (χ1v) is 11.3. The number of amides is 1. The molecule has 1 aliphatic heterocycles. The lowest BCUT2D eigenvalue weighted by Crippen LogP contribution is -2.40. The van der Waals surface area contributed by atoms with Crippen LogP contribution >= 0.6 is 11.6 Å². The maximum absolute atomic E-state index is 13.2. The van der Waals surface area contributed by atoms with Gasteiger partial charge in [0.05, 0.1) is 17.8 Å². The summed E-state index contributed by atoms with van der Waals surface area (Å²) in [5, 5.41) is 5.24. The Hall–Kier alpha value is -2.60. The third-order valence-electron chi connectivity index (χ3n) is 5.66. The lowest BCUT2D eigenvalue weighted by Gasteiger charge is -2.31. The smallest absolute Gasteiger partial charge is 0.272 e. The fourth-order valence-corrected chi connectivity index (χ4v) is 4.42. The van der Waals surface area contributed by atoms with E-state index in [1.807, 2.05) is 42.3 Å². The molecule has 2 aromatic heterocycles. The molecular weight excluding hydrogens is 412 g/mol. The van der Waals surface area contributed by atoms with Gasteiger partial charge in [-0.25, -0.2) is 4.98 Å². The molecule has 3 heterocycles. The number of hydrogen-bond donors (Lipinski definition) is 0. The summed E-state index contributed by atoms with van der Waals surface area (Å²) in [6.45, 7) is 5.67. The number of benzene rings is 1. The lowest BCUT2D eigenvalue weighted by atomic mass is 9.97. The highest BCUT2D eigenvalue weighted by Gasteiger charge is 2.30. The van der Waals surface area contributed by atoms with Crippen LogP contribution in [0.3, 0.4) is 0 Å². The second kappa shape index (κ2) is 9.27. The Kier molecular flexibility index (Phi) is 6.46. The molecule has 1 amide bonds. The van der Waals surface area contributed by atoms with Crippen LogP contribution in [0.15, 0.2) is 40.9 Å². The Morgan fingerprint density at radius 2 is 2.16 bits per heavy atom. The number of nitrogens with zero attached hydrogens (tertiary/aromatic N) is 4. The number of halogens is 1. The van der Waals surface area contributed by atoms with E-state index in [0.717, 1.165) is 42.8 Å². The molecule has 164 valence electrons. The molecule has 0 bridgehead atoms. The summed E-state index contributed by atoms with van der Waals surface area (Å²) in [6.07, 6.45) is 5.20. The third-order valence-corrected chi connectivity index (χ3v) is 5.90. The standard InChI is InChI=1S/C24H29ClN4O2/c1-16(2)10-20-13-22(28(3)27-20)24(30)29-9-5-7-18(15-29)23-26-14-21(31-23)12-17-6-4-8-19(25)11-17/h4,6,8,11,13-14,16,18H,5,7,9-10,12,15H2,1-3H3. The normalized spacial score (nSPS) is 16.8. The lowest BCUT2D eigenvalue weighted by molar-refractivity contribution is 0.0686. The Balaban J connectivity index is 1.43.